The van der Waals surface area contributed by atoms with Crippen molar-refractivity contribution in [1.82, 2.24) is 15.1 Å². The molecule has 1 aromatic heterocycles. The number of benzene rings is 3. The molecule has 1 N–H and O–H groups in total. The van der Waals surface area contributed by atoms with E-state index in [0.29, 0.717) is 43.0 Å². The van der Waals surface area contributed by atoms with Gasteiger partial charge in [-0.15, -0.1) is 11.8 Å². The number of aromatic nitrogens is 1. The monoisotopic (exact) mass is 891 g/mol. The molecule has 5 heterocycles. The summed E-state index contributed by atoms with van der Waals surface area (Å²) in [6.07, 6.45) is 5.25. The Labute approximate surface area is 364 Å². The van der Waals surface area contributed by atoms with E-state index < -0.39 is 41.1 Å². The molecule has 2 saturated heterocycles. The van der Waals surface area contributed by atoms with Gasteiger partial charge in [-0.2, -0.15) is 4.57 Å². The van der Waals surface area contributed by atoms with Crippen molar-refractivity contribution in [2.45, 2.75) is 69.8 Å². The van der Waals surface area contributed by atoms with Crippen molar-refractivity contribution in [3.63, 3.8) is 0 Å². The number of rotatable bonds is 10. The molecule has 4 amide bonds. The number of nitrogens with one attached hydrogen (secondary N) is 1. The number of fused-ring (bicyclic) bond motifs is 2. The molecule has 4 aromatic rings. The first kappa shape index (κ1) is 42.4. The fourth-order valence-corrected chi connectivity index (χ4v) is 9.15. The fraction of sp³-hybridized carbons (Fsp3) is 0.304. The van der Waals surface area contributed by atoms with Crippen LogP contribution < -0.4 is 31.8 Å². The van der Waals surface area contributed by atoms with Crippen LogP contribution in [0.1, 0.15) is 55.5 Å². The summed E-state index contributed by atoms with van der Waals surface area (Å²) in [5.74, 6) is -1.03. The summed E-state index contributed by atoms with van der Waals surface area (Å²) in [7, 11) is 0. The third-order valence-corrected chi connectivity index (χ3v) is 12.0. The van der Waals surface area contributed by atoms with Gasteiger partial charge in [-0.25, -0.2) is 9.59 Å². The van der Waals surface area contributed by atoms with Gasteiger partial charge >= 0.3 is 12.1 Å². The van der Waals surface area contributed by atoms with Gasteiger partial charge in [0.1, 0.15) is 22.7 Å². The molecule has 2 atom stereocenters. The van der Waals surface area contributed by atoms with Gasteiger partial charge in [0.05, 0.1) is 0 Å². The quantitative estimate of drug-likeness (QED) is 0.112. The van der Waals surface area contributed by atoms with Crippen LogP contribution in [-0.4, -0.2) is 75.4 Å². The van der Waals surface area contributed by atoms with E-state index in [4.69, 9.17) is 9.47 Å². The van der Waals surface area contributed by atoms with E-state index in [1.165, 1.54) is 22.2 Å². The number of carbonyl (C=O) groups is 5. The van der Waals surface area contributed by atoms with Crippen molar-refractivity contribution >= 4 is 47.2 Å². The Hall–Kier alpha value is -5.73. The molecule has 2 fully saturated rings. The Morgan fingerprint density at radius 1 is 0.883 bits per heavy atom. The molecule has 4 aliphatic rings. The van der Waals surface area contributed by atoms with Crippen LogP contribution >= 0.6 is 11.8 Å². The Balaban J connectivity index is 0.00000544. The summed E-state index contributed by atoms with van der Waals surface area (Å²) in [6.45, 7) is 6.94. The van der Waals surface area contributed by atoms with Gasteiger partial charge < -0.3 is 41.6 Å². The zero-order valence-electron chi connectivity index (χ0n) is 33.6. The molecule has 310 valence electrons. The summed E-state index contributed by atoms with van der Waals surface area (Å²) in [6, 6.07) is 29.7. The van der Waals surface area contributed by atoms with Crippen LogP contribution in [0, 0.1) is 0 Å². The summed E-state index contributed by atoms with van der Waals surface area (Å²) in [5, 5.41) is 2.10. The number of nitrogens with zero attached hydrogens (tertiary/aromatic N) is 4. The lowest BCUT2D eigenvalue weighted by Gasteiger charge is -2.49. The second-order valence-corrected chi connectivity index (χ2v) is 17.1. The number of alkyl carbamates (subject to hydrolysis) is 1. The number of β-lactam (4-membered cyclic amide) rings is 1. The van der Waals surface area contributed by atoms with E-state index >= 15 is 0 Å². The Morgan fingerprint density at radius 3 is 2.20 bits per heavy atom. The first-order chi connectivity index (χ1) is 28.4. The maximum Gasteiger partial charge on any atom is 0.408 e. The minimum absolute atomic E-state index is 0. The third-order valence-electron chi connectivity index (χ3n) is 10.7. The topological polar surface area (TPSA) is 129 Å². The highest BCUT2D eigenvalue weighted by Crippen LogP contribution is 2.43. The number of halogens is 1. The molecule has 4 aliphatic heterocycles. The summed E-state index contributed by atoms with van der Waals surface area (Å²) in [5.41, 5.74) is 4.88. The molecule has 8 rings (SSSR count). The number of hydrogen-bond donors (Lipinski definition) is 1. The third kappa shape index (κ3) is 9.04. The lowest BCUT2D eigenvalue weighted by atomic mass is 10.00. The highest BCUT2D eigenvalue weighted by molar-refractivity contribution is 8.00. The van der Waals surface area contributed by atoms with Gasteiger partial charge in [-0.3, -0.25) is 19.3 Å². The summed E-state index contributed by atoms with van der Waals surface area (Å²) < 4.78 is 13.5. The van der Waals surface area contributed by atoms with E-state index in [0.717, 1.165) is 28.8 Å². The Bertz CT molecular complexity index is 2310. The maximum atomic E-state index is 14.5. The second-order valence-electron chi connectivity index (χ2n) is 16.0. The van der Waals surface area contributed by atoms with Gasteiger partial charge in [0.15, 0.2) is 18.5 Å². The van der Waals surface area contributed by atoms with E-state index in [1.807, 2.05) is 113 Å². The van der Waals surface area contributed by atoms with Crippen LogP contribution in [0.3, 0.4) is 0 Å². The van der Waals surface area contributed by atoms with Crippen LogP contribution in [0.5, 0.6) is 0 Å². The van der Waals surface area contributed by atoms with E-state index in [-0.39, 0.29) is 41.0 Å². The fourth-order valence-electron chi connectivity index (χ4n) is 7.84. The molecule has 0 bridgehead atoms. The second kappa shape index (κ2) is 17.9. The smallest absolute Gasteiger partial charge is 0.408 e. The minimum atomic E-state index is -0.908. The van der Waals surface area contributed by atoms with Crippen molar-refractivity contribution < 1.29 is 55.0 Å². The van der Waals surface area contributed by atoms with Crippen LogP contribution in [0.2, 0.25) is 0 Å². The van der Waals surface area contributed by atoms with Crippen molar-refractivity contribution in [1.29, 1.82) is 0 Å². The van der Waals surface area contributed by atoms with Crippen molar-refractivity contribution in [3.8, 4) is 0 Å². The zero-order chi connectivity index (χ0) is 41.3. The average Bonchev–Trinajstić information content (AvgIpc) is 3.82. The number of ether oxygens (including phenoxy) is 2. The number of para-hydroxylation sites is 1. The first-order valence-electron chi connectivity index (χ1n) is 19.8. The van der Waals surface area contributed by atoms with Crippen molar-refractivity contribution in [3.05, 3.63) is 155 Å². The van der Waals surface area contributed by atoms with Gasteiger partial charge in [0.2, 0.25) is 12.5 Å². The highest BCUT2D eigenvalue weighted by Gasteiger charge is 2.55. The molecule has 60 heavy (non-hydrogen) atoms. The Kier molecular flexibility index (Phi) is 12.6. The average molecular weight is 893 g/mol. The van der Waals surface area contributed by atoms with E-state index in [9.17, 15) is 24.0 Å². The lowest BCUT2D eigenvalue weighted by Crippen LogP contribution is -3.00. The van der Waals surface area contributed by atoms with E-state index in [2.05, 4.69) is 11.4 Å². The minimum Gasteiger partial charge on any atom is -1.00 e. The molecule has 14 heteroatoms. The molecule has 0 unspecified atom stereocenters. The molecular weight excluding hydrogens is 847 g/mol. The summed E-state index contributed by atoms with van der Waals surface area (Å²) in [4.78, 5) is 73.0. The van der Waals surface area contributed by atoms with Gasteiger partial charge in [0, 0.05) is 48.8 Å². The van der Waals surface area contributed by atoms with Gasteiger partial charge in [-0.1, -0.05) is 78.9 Å². The molecule has 3 aromatic carbocycles. The number of amides is 4. The number of thioether (sulfide) groups is 1. The number of hydrogen-bond acceptors (Lipinski definition) is 8. The van der Waals surface area contributed by atoms with Crippen molar-refractivity contribution in [2.75, 3.05) is 23.7 Å². The van der Waals surface area contributed by atoms with Crippen molar-refractivity contribution in [2.24, 2.45) is 0 Å². The number of likely N-dealkylation sites (tertiary alicyclic amines) is 1. The van der Waals surface area contributed by atoms with Crippen LogP contribution in [0.25, 0.3) is 0 Å². The normalized spacial score (nSPS) is 19.1. The predicted molar refractivity (Wildman–Crippen MR) is 221 cm³/mol. The van der Waals surface area contributed by atoms with Gasteiger partial charge in [-0.05, 0) is 73.6 Å². The van der Waals surface area contributed by atoms with Crippen LogP contribution in [0.4, 0.5) is 10.5 Å². The number of pyridine rings is 1. The standard InChI is InChI=1S/C46H45N5O7S.BrH/c1-46(2,3)58-45(56)47-38-42(54)51-39(44(55)57-40(32-13-6-4-7-14-32)33-15-8-5-9-16-33)35(29-59-43(38)51)26-34-20-24-49(41(34)53)27-30-18-22-48(23-19-30)28-37(52)50-25-21-31-12-10-11-17-36(31)50;/h4-19,22-23,26,38,40,43H,20-21,24-25,27-29H2,1-3H3;1H/b34-26+;/t38-,43-;/m1./s1. The molecule has 0 aliphatic carbocycles. The zero-order valence-corrected chi connectivity index (χ0v) is 36.0. The highest BCUT2D eigenvalue weighted by atomic mass is 79.9. The van der Waals surface area contributed by atoms with Gasteiger partial charge in [0.25, 0.3) is 11.8 Å². The molecule has 12 nitrogen and oxygen atoms in total. The maximum absolute atomic E-state index is 14.5. The number of allylic oxidation sites excluding steroid dienone is 1. The first-order valence-corrected chi connectivity index (χ1v) is 20.8. The van der Waals surface area contributed by atoms with Crippen LogP contribution in [0.15, 0.2) is 132 Å². The summed E-state index contributed by atoms with van der Waals surface area (Å²) >= 11 is 1.39. The molecule has 0 saturated carbocycles. The SMILES string of the molecule is CC(C)(C)OC(=O)N[C@@H]1C(=O)N2C(C(=O)OC(c3ccccc3)c3ccccc3)=C(/C=C3\CCN(Cc4cc[n+](CC(=O)N5CCc6ccccc65)cc4)C3=O)CS[C@H]12.[Br-]. The van der Waals surface area contributed by atoms with Crippen LogP contribution in [-0.2, 0) is 48.2 Å². The number of anilines is 1. The van der Waals surface area contributed by atoms with E-state index in [1.54, 1.807) is 31.7 Å². The lowest BCUT2D eigenvalue weighted by molar-refractivity contribution is -0.684. The predicted octanol–water partition coefficient (Wildman–Crippen LogP) is 2.62. The molecule has 0 spiro atoms. The molecule has 0 radical (unpaired) electrons. The number of carbonyl (C=O) groups excluding carboxylic acids is 5. The molecular formula is C46H46BrN5O7S. The largest absolute Gasteiger partial charge is 1.00 e. The Morgan fingerprint density at radius 2 is 1.53 bits per heavy atom. The number of esters is 1.